The number of rotatable bonds is 8. The van der Waals surface area contributed by atoms with E-state index in [-0.39, 0.29) is 31.2 Å². The number of carbonyl (C=O) groups excluding carboxylic acids is 2. The fourth-order valence-corrected chi connectivity index (χ4v) is 4.80. The van der Waals surface area contributed by atoms with Gasteiger partial charge in [0.1, 0.15) is 24.6 Å². The van der Waals surface area contributed by atoms with E-state index in [9.17, 15) is 18.4 Å². The third kappa shape index (κ3) is 5.47. The number of alkyl halides is 1. The summed E-state index contributed by atoms with van der Waals surface area (Å²) in [7, 11) is 3.61. The Morgan fingerprint density at radius 3 is 2.54 bits per heavy atom. The number of likely N-dealkylation sites (tertiary alicyclic amines) is 1. The Kier molecular flexibility index (Phi) is 6.90. The summed E-state index contributed by atoms with van der Waals surface area (Å²) in [6.45, 7) is -0.333. The average molecular weight is 509 g/mol. The van der Waals surface area contributed by atoms with Crippen molar-refractivity contribution in [2.24, 2.45) is 0 Å². The predicted octanol–water partition coefficient (Wildman–Crippen LogP) is 3.21. The van der Waals surface area contributed by atoms with E-state index in [1.807, 2.05) is 36.4 Å². The van der Waals surface area contributed by atoms with Gasteiger partial charge in [0.15, 0.2) is 5.82 Å². The van der Waals surface area contributed by atoms with Crippen LogP contribution in [-0.2, 0) is 16.1 Å². The third-order valence-corrected chi connectivity index (χ3v) is 6.95. The third-order valence-electron chi connectivity index (χ3n) is 6.95. The standard InChI is InChI=1S/C27H30F2N6O2/c1-33(2)24-15-34(32-31-24)16-25(36)35-14-20(28)13-23(35)27(37)30-26(18-6-4-3-5-7-18)19-10-11-21(17-8-9-17)22(29)12-19/h3-7,10-12,15,17,20,23,26H,8-9,13-14,16H2,1-2H3,(H,30,37)/t20-,23+,26+/m1/s1. The molecule has 2 aliphatic rings. The number of anilines is 1. The highest BCUT2D eigenvalue weighted by Gasteiger charge is 2.40. The SMILES string of the molecule is CN(C)c1cn(CC(=O)N2C[C@H](F)C[C@H]2C(=O)N[C@@H](c2ccccc2)c2ccc(C3CC3)c(F)c2)nn1. The number of hydrogen-bond donors (Lipinski definition) is 1. The van der Waals surface area contributed by atoms with Crippen molar-refractivity contribution in [1.82, 2.24) is 25.2 Å². The molecule has 1 aliphatic heterocycles. The first kappa shape index (κ1) is 24.9. The number of carbonyl (C=O) groups is 2. The van der Waals surface area contributed by atoms with E-state index >= 15 is 0 Å². The number of benzene rings is 2. The van der Waals surface area contributed by atoms with Gasteiger partial charge in [-0.2, -0.15) is 0 Å². The second kappa shape index (κ2) is 10.3. The van der Waals surface area contributed by atoms with Crippen LogP contribution in [0, 0.1) is 5.82 Å². The lowest BCUT2D eigenvalue weighted by atomic mass is 9.96. The molecule has 2 fully saturated rings. The number of hydrogen-bond acceptors (Lipinski definition) is 5. The lowest BCUT2D eigenvalue weighted by Gasteiger charge is -2.27. The molecule has 37 heavy (non-hydrogen) atoms. The lowest BCUT2D eigenvalue weighted by Crippen LogP contribution is -2.48. The molecule has 0 spiro atoms. The molecule has 3 atom stereocenters. The van der Waals surface area contributed by atoms with Crippen molar-refractivity contribution in [3.63, 3.8) is 0 Å². The van der Waals surface area contributed by atoms with Gasteiger partial charge in [-0.1, -0.05) is 47.7 Å². The van der Waals surface area contributed by atoms with Gasteiger partial charge in [-0.25, -0.2) is 13.5 Å². The van der Waals surface area contributed by atoms with Crippen LogP contribution in [0.1, 0.15) is 47.9 Å². The van der Waals surface area contributed by atoms with E-state index in [2.05, 4.69) is 15.6 Å². The van der Waals surface area contributed by atoms with Gasteiger partial charge in [-0.05, 0) is 41.5 Å². The molecule has 0 unspecified atom stereocenters. The number of nitrogens with one attached hydrogen (secondary N) is 1. The van der Waals surface area contributed by atoms with Crippen LogP contribution in [-0.4, -0.2) is 64.6 Å². The number of halogens is 2. The Morgan fingerprint density at radius 1 is 1.14 bits per heavy atom. The predicted molar refractivity (Wildman–Crippen MR) is 134 cm³/mol. The van der Waals surface area contributed by atoms with Crippen LogP contribution < -0.4 is 10.2 Å². The summed E-state index contributed by atoms with van der Waals surface area (Å²) >= 11 is 0. The maximum absolute atomic E-state index is 14.9. The molecular weight excluding hydrogens is 478 g/mol. The minimum absolute atomic E-state index is 0.103. The highest BCUT2D eigenvalue weighted by molar-refractivity contribution is 5.89. The molecule has 2 amide bonds. The van der Waals surface area contributed by atoms with E-state index in [0.717, 1.165) is 18.4 Å². The monoisotopic (exact) mass is 508 g/mol. The van der Waals surface area contributed by atoms with Crippen molar-refractivity contribution in [1.29, 1.82) is 0 Å². The molecule has 2 heterocycles. The summed E-state index contributed by atoms with van der Waals surface area (Å²) in [5.74, 6) is -0.357. The highest BCUT2D eigenvalue weighted by atomic mass is 19.1. The van der Waals surface area contributed by atoms with E-state index in [4.69, 9.17) is 0 Å². The van der Waals surface area contributed by atoms with Crippen LogP contribution in [0.15, 0.2) is 54.7 Å². The van der Waals surface area contributed by atoms with Crippen molar-refractivity contribution in [2.75, 3.05) is 25.5 Å². The summed E-state index contributed by atoms with van der Waals surface area (Å²) in [5.41, 5.74) is 2.05. The van der Waals surface area contributed by atoms with Gasteiger partial charge in [0.25, 0.3) is 0 Å². The van der Waals surface area contributed by atoms with Gasteiger partial charge in [-0.15, -0.1) is 5.10 Å². The Bertz CT molecular complexity index is 1280. The van der Waals surface area contributed by atoms with Crippen molar-refractivity contribution in [3.05, 3.63) is 77.2 Å². The minimum atomic E-state index is -1.32. The first-order valence-corrected chi connectivity index (χ1v) is 12.5. The Morgan fingerprint density at radius 2 is 1.89 bits per heavy atom. The van der Waals surface area contributed by atoms with E-state index in [1.54, 1.807) is 31.3 Å². The molecule has 5 rings (SSSR count). The Hall–Kier alpha value is -3.82. The van der Waals surface area contributed by atoms with Gasteiger partial charge in [0.05, 0.1) is 18.8 Å². The maximum Gasteiger partial charge on any atom is 0.245 e. The van der Waals surface area contributed by atoms with E-state index in [1.165, 1.54) is 15.6 Å². The normalized spacial score (nSPS) is 20.1. The van der Waals surface area contributed by atoms with Crippen molar-refractivity contribution < 1.29 is 18.4 Å². The van der Waals surface area contributed by atoms with Crippen molar-refractivity contribution in [3.8, 4) is 0 Å². The zero-order valence-electron chi connectivity index (χ0n) is 20.8. The Balaban J connectivity index is 1.36. The molecule has 1 N–H and O–H groups in total. The highest BCUT2D eigenvalue weighted by Crippen LogP contribution is 2.42. The van der Waals surface area contributed by atoms with Crippen LogP contribution in [0.4, 0.5) is 14.6 Å². The molecular formula is C27H30F2N6O2. The van der Waals surface area contributed by atoms with Gasteiger partial charge in [0.2, 0.25) is 11.8 Å². The van der Waals surface area contributed by atoms with Gasteiger partial charge in [-0.3, -0.25) is 9.59 Å². The molecule has 10 heteroatoms. The summed E-state index contributed by atoms with van der Waals surface area (Å²) in [6.07, 6.45) is 2.15. The second-order valence-electron chi connectivity index (χ2n) is 9.97. The molecule has 1 aliphatic carbocycles. The summed E-state index contributed by atoms with van der Waals surface area (Å²) < 4.78 is 30.8. The molecule has 194 valence electrons. The fraction of sp³-hybridized carbons (Fsp3) is 0.407. The van der Waals surface area contributed by atoms with Gasteiger partial charge >= 0.3 is 0 Å². The maximum atomic E-state index is 14.9. The van der Waals surface area contributed by atoms with Crippen LogP contribution >= 0.6 is 0 Å². The zero-order valence-corrected chi connectivity index (χ0v) is 20.8. The summed E-state index contributed by atoms with van der Waals surface area (Å²) in [4.78, 5) is 29.5. The molecule has 2 aromatic carbocycles. The van der Waals surface area contributed by atoms with Crippen LogP contribution in [0.25, 0.3) is 0 Å². The largest absolute Gasteiger partial charge is 0.360 e. The minimum Gasteiger partial charge on any atom is -0.360 e. The van der Waals surface area contributed by atoms with Crippen LogP contribution in [0.3, 0.4) is 0 Å². The smallest absolute Gasteiger partial charge is 0.245 e. The first-order valence-electron chi connectivity index (χ1n) is 12.5. The van der Waals surface area contributed by atoms with Crippen molar-refractivity contribution in [2.45, 2.75) is 50.0 Å². The van der Waals surface area contributed by atoms with Crippen LogP contribution in [0.2, 0.25) is 0 Å². The van der Waals surface area contributed by atoms with E-state index < -0.39 is 30.1 Å². The zero-order chi connectivity index (χ0) is 26.1. The van der Waals surface area contributed by atoms with Crippen molar-refractivity contribution >= 4 is 17.6 Å². The summed E-state index contributed by atoms with van der Waals surface area (Å²) in [5, 5.41) is 10.9. The number of aromatic nitrogens is 3. The molecule has 1 saturated heterocycles. The van der Waals surface area contributed by atoms with Gasteiger partial charge < -0.3 is 15.1 Å². The molecule has 1 aromatic heterocycles. The van der Waals surface area contributed by atoms with Crippen LogP contribution in [0.5, 0.6) is 0 Å². The topological polar surface area (TPSA) is 83.4 Å². The first-order chi connectivity index (χ1) is 17.8. The van der Waals surface area contributed by atoms with Gasteiger partial charge in [0, 0.05) is 20.5 Å². The van der Waals surface area contributed by atoms with E-state index in [0.29, 0.717) is 16.9 Å². The molecule has 8 nitrogen and oxygen atoms in total. The molecule has 0 radical (unpaired) electrons. The Labute approximate surface area is 214 Å². The molecule has 1 saturated carbocycles. The molecule has 3 aromatic rings. The number of nitrogens with zero attached hydrogens (tertiary/aromatic N) is 5. The summed E-state index contributed by atoms with van der Waals surface area (Å²) in [6, 6.07) is 12.7. The molecule has 0 bridgehead atoms. The number of amides is 2. The quantitative estimate of drug-likeness (QED) is 0.505. The average Bonchev–Trinajstić information content (AvgIpc) is 3.47. The fourth-order valence-electron chi connectivity index (χ4n) is 4.80. The lowest BCUT2D eigenvalue weighted by molar-refractivity contribution is -0.139. The second-order valence-corrected chi connectivity index (χ2v) is 9.97.